The van der Waals surface area contributed by atoms with E-state index >= 15 is 0 Å². The molecule has 0 atom stereocenters. The Kier molecular flexibility index (Phi) is 4.64. The molecular weight excluding hydrogens is 406 g/mol. The van der Waals surface area contributed by atoms with Crippen molar-refractivity contribution in [1.29, 1.82) is 0 Å². The smallest absolute Gasteiger partial charge is 0.316 e. The summed E-state index contributed by atoms with van der Waals surface area (Å²) in [4.78, 5) is 12.2. The highest BCUT2D eigenvalue weighted by atomic mass is 79.9. The first-order chi connectivity index (χ1) is 13.0. The van der Waals surface area contributed by atoms with Crippen molar-refractivity contribution < 1.29 is 14.1 Å². The maximum atomic E-state index is 12.2. The molecule has 4 rings (SSSR count). The van der Waals surface area contributed by atoms with Gasteiger partial charge in [0.15, 0.2) is 5.76 Å². The highest BCUT2D eigenvalue weighted by molar-refractivity contribution is 9.10. The summed E-state index contributed by atoms with van der Waals surface area (Å²) in [5.41, 5.74) is 4.65. The first-order valence-electron chi connectivity index (χ1n) is 9.05. The Bertz CT molecular complexity index is 970. The summed E-state index contributed by atoms with van der Waals surface area (Å²) in [6, 6.07) is 16.4. The molecule has 0 bridgehead atoms. The lowest BCUT2D eigenvalue weighted by atomic mass is 9.93. The van der Waals surface area contributed by atoms with Crippen molar-refractivity contribution in [2.75, 3.05) is 6.61 Å². The molecule has 1 saturated carbocycles. The second-order valence-electron chi connectivity index (χ2n) is 6.87. The zero-order valence-electron chi connectivity index (χ0n) is 15.3. The highest BCUT2D eigenvalue weighted by Crippen LogP contribution is 2.49. The number of carbonyl (C=O) groups excluding carboxylic acids is 1. The molecule has 2 aromatic carbocycles. The van der Waals surface area contributed by atoms with Gasteiger partial charge in [0.05, 0.1) is 22.2 Å². The van der Waals surface area contributed by atoms with Crippen molar-refractivity contribution in [3.63, 3.8) is 0 Å². The number of esters is 1. The molecule has 1 aromatic heterocycles. The van der Waals surface area contributed by atoms with Gasteiger partial charge in [0, 0.05) is 5.56 Å². The Morgan fingerprint density at radius 3 is 2.11 bits per heavy atom. The van der Waals surface area contributed by atoms with Crippen LogP contribution in [0.5, 0.6) is 0 Å². The molecular formula is C22H20BrNO3. The second kappa shape index (κ2) is 6.97. The molecule has 1 fully saturated rings. The predicted molar refractivity (Wildman–Crippen MR) is 107 cm³/mol. The first-order valence-corrected chi connectivity index (χ1v) is 9.85. The van der Waals surface area contributed by atoms with Gasteiger partial charge in [-0.2, -0.15) is 0 Å². The van der Waals surface area contributed by atoms with Gasteiger partial charge in [-0.1, -0.05) is 53.7 Å². The predicted octanol–water partition coefficient (Wildman–Crippen LogP) is 5.67. The average Bonchev–Trinajstić information content (AvgIpc) is 3.44. The minimum Gasteiger partial charge on any atom is -0.465 e. The summed E-state index contributed by atoms with van der Waals surface area (Å²) in [5, 5.41) is 3.98. The number of ether oxygens (including phenoxy) is 1. The van der Waals surface area contributed by atoms with Crippen LogP contribution in [0.2, 0.25) is 0 Å². The van der Waals surface area contributed by atoms with Crippen molar-refractivity contribution in [1.82, 2.24) is 5.16 Å². The SMILES string of the molecule is CCOC(=O)C1(c2ccc(-c3ccc(-c4onc(C)c4Br)cc3)cc2)CC1. The Morgan fingerprint density at radius 1 is 1.07 bits per heavy atom. The van der Waals surface area contributed by atoms with Crippen LogP contribution < -0.4 is 0 Å². The van der Waals surface area contributed by atoms with Crippen LogP contribution >= 0.6 is 15.9 Å². The number of carbonyl (C=O) groups is 1. The van der Waals surface area contributed by atoms with Crippen LogP contribution in [0.4, 0.5) is 0 Å². The number of benzene rings is 2. The van der Waals surface area contributed by atoms with E-state index in [9.17, 15) is 4.79 Å². The molecule has 5 heteroatoms. The third-order valence-electron chi connectivity index (χ3n) is 5.12. The molecule has 0 radical (unpaired) electrons. The molecule has 1 heterocycles. The summed E-state index contributed by atoms with van der Waals surface area (Å²) in [7, 11) is 0. The van der Waals surface area contributed by atoms with Gasteiger partial charge in [-0.05, 0) is 59.3 Å². The molecule has 3 aromatic rings. The summed E-state index contributed by atoms with van der Waals surface area (Å²) >= 11 is 3.51. The van der Waals surface area contributed by atoms with E-state index in [4.69, 9.17) is 9.26 Å². The molecule has 0 N–H and O–H groups in total. The lowest BCUT2D eigenvalue weighted by molar-refractivity contribution is -0.146. The van der Waals surface area contributed by atoms with Crippen LogP contribution in [0.3, 0.4) is 0 Å². The summed E-state index contributed by atoms with van der Waals surface area (Å²) < 4.78 is 11.5. The minimum absolute atomic E-state index is 0.102. The number of hydrogen-bond donors (Lipinski definition) is 0. The summed E-state index contributed by atoms with van der Waals surface area (Å²) in [6.07, 6.45) is 1.73. The fourth-order valence-electron chi connectivity index (χ4n) is 3.34. The number of aryl methyl sites for hydroxylation is 1. The zero-order chi connectivity index (χ0) is 19.0. The quantitative estimate of drug-likeness (QED) is 0.493. The lowest BCUT2D eigenvalue weighted by Crippen LogP contribution is -2.23. The van der Waals surface area contributed by atoms with Crippen molar-refractivity contribution in [2.45, 2.75) is 32.1 Å². The topological polar surface area (TPSA) is 52.3 Å². The van der Waals surface area contributed by atoms with Crippen LogP contribution in [-0.2, 0) is 14.9 Å². The van der Waals surface area contributed by atoms with E-state index in [1.807, 2.05) is 38.1 Å². The Morgan fingerprint density at radius 2 is 1.63 bits per heavy atom. The lowest BCUT2D eigenvalue weighted by Gasteiger charge is -2.14. The van der Waals surface area contributed by atoms with Crippen LogP contribution in [0.25, 0.3) is 22.5 Å². The number of halogens is 1. The molecule has 0 saturated heterocycles. The van der Waals surface area contributed by atoms with Crippen LogP contribution in [0.1, 0.15) is 31.0 Å². The van der Waals surface area contributed by atoms with Crippen molar-refractivity contribution >= 4 is 21.9 Å². The zero-order valence-corrected chi connectivity index (χ0v) is 16.9. The average molecular weight is 426 g/mol. The van der Waals surface area contributed by atoms with Gasteiger partial charge in [0.1, 0.15) is 0 Å². The monoisotopic (exact) mass is 425 g/mol. The van der Waals surface area contributed by atoms with E-state index in [1.165, 1.54) is 0 Å². The third-order valence-corrected chi connectivity index (χ3v) is 6.06. The third kappa shape index (κ3) is 3.21. The minimum atomic E-state index is -0.422. The van der Waals surface area contributed by atoms with Crippen molar-refractivity contribution in [3.8, 4) is 22.5 Å². The van der Waals surface area contributed by atoms with Crippen LogP contribution in [-0.4, -0.2) is 17.7 Å². The van der Waals surface area contributed by atoms with Gasteiger partial charge < -0.3 is 9.26 Å². The molecule has 1 aliphatic carbocycles. The standard InChI is InChI=1S/C22H20BrNO3/c1-3-26-21(25)22(12-13-22)18-10-8-16(9-11-18)15-4-6-17(7-5-15)20-19(23)14(2)24-27-20/h4-11H,3,12-13H2,1-2H3. The van der Waals surface area contributed by atoms with Crippen LogP contribution in [0, 0.1) is 6.92 Å². The van der Waals surface area contributed by atoms with E-state index < -0.39 is 5.41 Å². The Balaban J connectivity index is 1.56. The van der Waals surface area contributed by atoms with E-state index in [-0.39, 0.29) is 5.97 Å². The molecule has 1 aliphatic rings. The normalized spacial score (nSPS) is 14.8. The number of rotatable bonds is 5. The Hall–Kier alpha value is -2.40. The summed E-state index contributed by atoms with van der Waals surface area (Å²) in [6.45, 7) is 4.17. The second-order valence-corrected chi connectivity index (χ2v) is 7.66. The summed E-state index contributed by atoms with van der Waals surface area (Å²) in [5.74, 6) is 0.634. The maximum Gasteiger partial charge on any atom is 0.316 e. The van der Waals surface area contributed by atoms with Gasteiger partial charge >= 0.3 is 5.97 Å². The fourth-order valence-corrected chi connectivity index (χ4v) is 3.71. The number of hydrogen-bond acceptors (Lipinski definition) is 4. The molecule has 0 aliphatic heterocycles. The van der Waals surface area contributed by atoms with Gasteiger partial charge in [-0.3, -0.25) is 4.79 Å². The molecule has 4 nitrogen and oxygen atoms in total. The molecule has 27 heavy (non-hydrogen) atoms. The molecule has 0 unspecified atom stereocenters. The van der Waals surface area contributed by atoms with E-state index in [0.29, 0.717) is 6.61 Å². The maximum absolute atomic E-state index is 12.2. The van der Waals surface area contributed by atoms with Gasteiger partial charge in [0.2, 0.25) is 0 Å². The largest absolute Gasteiger partial charge is 0.465 e. The number of aromatic nitrogens is 1. The van der Waals surface area contributed by atoms with Crippen molar-refractivity contribution in [2.24, 2.45) is 0 Å². The highest BCUT2D eigenvalue weighted by Gasteiger charge is 2.52. The molecule has 0 spiro atoms. The number of nitrogens with zero attached hydrogens (tertiary/aromatic N) is 1. The van der Waals surface area contributed by atoms with E-state index in [2.05, 4.69) is 45.4 Å². The van der Waals surface area contributed by atoms with Crippen molar-refractivity contribution in [3.05, 3.63) is 64.3 Å². The van der Waals surface area contributed by atoms with E-state index in [0.717, 1.165) is 51.0 Å². The van der Waals surface area contributed by atoms with E-state index in [1.54, 1.807) is 0 Å². The Labute approximate surface area is 166 Å². The fraction of sp³-hybridized carbons (Fsp3) is 0.273. The van der Waals surface area contributed by atoms with Crippen LogP contribution in [0.15, 0.2) is 57.5 Å². The van der Waals surface area contributed by atoms with Gasteiger partial charge in [-0.15, -0.1) is 0 Å². The molecule has 0 amide bonds. The molecule has 138 valence electrons. The first kappa shape index (κ1) is 18.0. The van der Waals surface area contributed by atoms with Gasteiger partial charge in [0.25, 0.3) is 0 Å². The van der Waals surface area contributed by atoms with Gasteiger partial charge in [-0.25, -0.2) is 0 Å².